The molecule has 0 aromatic heterocycles. The summed E-state index contributed by atoms with van der Waals surface area (Å²) in [6.07, 6.45) is -5.23. The van der Waals surface area contributed by atoms with Gasteiger partial charge in [0.2, 0.25) is 6.10 Å². The molecule has 2 aliphatic carbocycles. The fourth-order valence-corrected chi connectivity index (χ4v) is 6.78. The number of hydrogen-bond donors (Lipinski definition) is 0. The van der Waals surface area contributed by atoms with Crippen molar-refractivity contribution < 1.29 is 66.8 Å². The molecule has 1 aromatic carbocycles. The van der Waals surface area contributed by atoms with Crippen molar-refractivity contribution in [3.8, 4) is 0 Å². The summed E-state index contributed by atoms with van der Waals surface area (Å²) < 4.78 is 34.5. The quantitative estimate of drug-likeness (QED) is 0.226. The van der Waals surface area contributed by atoms with E-state index in [0.29, 0.717) is 0 Å². The maximum atomic E-state index is 14.7. The Hall–Kier alpha value is -5.14. The van der Waals surface area contributed by atoms with Crippen LogP contribution in [0.4, 0.5) is 0 Å². The number of esters is 6. The molecule has 1 fully saturated rings. The molecule has 51 heavy (non-hydrogen) atoms. The summed E-state index contributed by atoms with van der Waals surface area (Å²) in [4.78, 5) is 106. The lowest BCUT2D eigenvalue weighted by atomic mass is 9.72. The Morgan fingerprint density at radius 1 is 0.686 bits per heavy atom. The third kappa shape index (κ3) is 8.78. The zero-order valence-electron chi connectivity index (χ0n) is 30.1. The molecule has 14 nitrogen and oxygen atoms in total. The van der Waals surface area contributed by atoms with Gasteiger partial charge in [-0.15, -0.1) is 0 Å². The number of ketones is 2. The number of rotatable bonds is 7. The second kappa shape index (κ2) is 15.4. The van der Waals surface area contributed by atoms with Crippen molar-refractivity contribution in [2.24, 2.45) is 17.3 Å². The Balaban J connectivity index is 2.51. The summed E-state index contributed by atoms with van der Waals surface area (Å²) in [7, 11) is 0. The van der Waals surface area contributed by atoms with Gasteiger partial charge in [-0.1, -0.05) is 43.9 Å². The molecule has 0 radical (unpaired) electrons. The van der Waals surface area contributed by atoms with Crippen LogP contribution in [0.25, 0.3) is 0 Å². The molecule has 3 rings (SSSR count). The van der Waals surface area contributed by atoms with Crippen LogP contribution in [0.1, 0.15) is 79.1 Å². The van der Waals surface area contributed by atoms with Crippen LogP contribution in [0.5, 0.6) is 0 Å². The molecule has 14 heteroatoms. The Morgan fingerprint density at radius 2 is 1.22 bits per heavy atom. The van der Waals surface area contributed by atoms with Gasteiger partial charge < -0.3 is 28.4 Å². The number of allylic oxidation sites excluding steroid dienone is 2. The number of ether oxygens (including phenoxy) is 6. The second-order valence-electron chi connectivity index (χ2n) is 13.5. The van der Waals surface area contributed by atoms with Crippen molar-refractivity contribution in [3.63, 3.8) is 0 Å². The minimum Gasteiger partial charge on any atom is -0.458 e. The first-order valence-corrected chi connectivity index (χ1v) is 16.2. The fraction of sp³-hybridized carbons (Fsp3) is 0.514. The van der Waals surface area contributed by atoms with E-state index < -0.39 is 112 Å². The van der Waals surface area contributed by atoms with E-state index in [1.807, 2.05) is 0 Å². The smallest absolute Gasteiger partial charge is 0.338 e. The molecule has 0 heterocycles. The zero-order chi connectivity index (χ0) is 38.6. The molecule has 0 spiro atoms. The summed E-state index contributed by atoms with van der Waals surface area (Å²) in [6.45, 7) is 15.0. The molecule has 276 valence electrons. The Bertz CT molecular complexity index is 1640. The summed E-state index contributed by atoms with van der Waals surface area (Å²) in [5, 5.41) is 0. The molecule has 1 unspecified atom stereocenters. The highest BCUT2D eigenvalue weighted by atomic mass is 16.6. The van der Waals surface area contributed by atoms with E-state index in [2.05, 4.69) is 6.58 Å². The molecule has 0 bridgehead atoms. The minimum absolute atomic E-state index is 0.0458. The molecule has 0 amide bonds. The van der Waals surface area contributed by atoms with Gasteiger partial charge in [-0.05, 0) is 32.9 Å². The summed E-state index contributed by atoms with van der Waals surface area (Å²) in [5.74, 6) is -10.2. The average Bonchev–Trinajstić information content (AvgIpc) is 3.24. The van der Waals surface area contributed by atoms with E-state index in [-0.39, 0.29) is 5.56 Å². The van der Waals surface area contributed by atoms with Crippen LogP contribution in [0.3, 0.4) is 0 Å². The van der Waals surface area contributed by atoms with E-state index >= 15 is 0 Å². The van der Waals surface area contributed by atoms with Crippen LogP contribution in [-0.2, 0) is 62.0 Å². The lowest BCUT2D eigenvalue weighted by Crippen LogP contribution is -2.58. The van der Waals surface area contributed by atoms with Gasteiger partial charge in [-0.2, -0.15) is 0 Å². The standard InChI is InChI=1S/C37H44O14/c1-19-16-17-35(8,9)32(44)30(49-34(45)26-14-12-11-13-15-26)29(47-22(4)39)20(2)28(46-21(3)38)27-33(48-23(5)40)36(10,50-24(6)41)18-37(27,31(19)43)51-25(7)42/h11-17,19,27-30,33H,2,18H2,1,3-10H3/t19-,27+,28+,29+,30?,33-,36+,37+/m1/s1. The minimum atomic E-state index is -2.37. The summed E-state index contributed by atoms with van der Waals surface area (Å²) in [5.41, 5.74) is -6.15. The molecular formula is C37H44O14. The molecule has 0 aliphatic heterocycles. The summed E-state index contributed by atoms with van der Waals surface area (Å²) in [6, 6.07) is 7.65. The van der Waals surface area contributed by atoms with Gasteiger partial charge in [0.05, 0.1) is 11.5 Å². The van der Waals surface area contributed by atoms with Crippen LogP contribution >= 0.6 is 0 Å². The second-order valence-corrected chi connectivity index (χ2v) is 13.5. The summed E-state index contributed by atoms with van der Waals surface area (Å²) >= 11 is 0. The number of Topliss-reactive ketones (excluding diaryl/α,β-unsaturated/α-hetero) is 2. The van der Waals surface area contributed by atoms with Gasteiger partial charge in [0.1, 0.15) is 6.10 Å². The fourth-order valence-electron chi connectivity index (χ4n) is 6.78. The van der Waals surface area contributed by atoms with Gasteiger partial charge in [-0.25, -0.2) is 4.79 Å². The lowest BCUT2D eigenvalue weighted by molar-refractivity contribution is -0.190. The molecule has 0 saturated heterocycles. The van der Waals surface area contributed by atoms with Crippen LogP contribution in [-0.4, -0.2) is 83.0 Å². The van der Waals surface area contributed by atoms with Gasteiger partial charge in [0.25, 0.3) is 0 Å². The number of benzene rings is 1. The van der Waals surface area contributed by atoms with Crippen molar-refractivity contribution in [1.82, 2.24) is 0 Å². The Labute approximate surface area is 295 Å². The molecule has 2 aliphatic rings. The first-order chi connectivity index (χ1) is 23.6. The van der Waals surface area contributed by atoms with Crippen molar-refractivity contribution in [2.75, 3.05) is 0 Å². The van der Waals surface area contributed by atoms with Crippen molar-refractivity contribution in [2.45, 2.75) is 104 Å². The van der Waals surface area contributed by atoms with Crippen LogP contribution in [0.15, 0.2) is 54.6 Å². The van der Waals surface area contributed by atoms with Gasteiger partial charge in [0.15, 0.2) is 35.0 Å². The monoisotopic (exact) mass is 712 g/mol. The highest BCUT2D eigenvalue weighted by Crippen LogP contribution is 2.54. The number of carbonyl (C=O) groups excluding carboxylic acids is 8. The third-order valence-corrected chi connectivity index (χ3v) is 8.76. The average molecular weight is 713 g/mol. The Morgan fingerprint density at radius 3 is 1.73 bits per heavy atom. The number of carbonyl (C=O) groups is 8. The third-order valence-electron chi connectivity index (χ3n) is 8.76. The highest BCUT2D eigenvalue weighted by molar-refractivity contribution is 5.97. The van der Waals surface area contributed by atoms with E-state index in [1.165, 1.54) is 52.0 Å². The van der Waals surface area contributed by atoms with Crippen molar-refractivity contribution in [3.05, 3.63) is 60.2 Å². The molecule has 0 N–H and O–H groups in total. The predicted molar refractivity (Wildman–Crippen MR) is 176 cm³/mol. The maximum Gasteiger partial charge on any atom is 0.338 e. The highest BCUT2D eigenvalue weighted by Gasteiger charge is 2.72. The SMILES string of the molecule is C=C1[C@H](OC(C)=O)C(OC(=O)c2ccccc2)C(=O)C(C)(C)C=C[C@@H](C)C(=O)[C@]2(OC(C)=O)C[C@](C)(OC(C)=O)[C@H](OC(C)=O)[C@@H]2[C@H]1OC(C)=O. The molecule has 8 atom stereocenters. The first-order valence-electron chi connectivity index (χ1n) is 16.2. The van der Waals surface area contributed by atoms with E-state index in [1.54, 1.807) is 18.2 Å². The molecule has 1 aromatic rings. The van der Waals surface area contributed by atoms with Crippen molar-refractivity contribution in [1.29, 1.82) is 0 Å². The first kappa shape index (κ1) is 40.3. The van der Waals surface area contributed by atoms with Crippen LogP contribution in [0.2, 0.25) is 0 Å². The largest absolute Gasteiger partial charge is 0.458 e. The normalized spacial score (nSPS) is 30.4. The predicted octanol–water partition coefficient (Wildman–Crippen LogP) is 3.58. The van der Waals surface area contributed by atoms with E-state index in [9.17, 15) is 38.4 Å². The van der Waals surface area contributed by atoms with Crippen LogP contribution < -0.4 is 0 Å². The number of hydrogen-bond acceptors (Lipinski definition) is 14. The number of fused-ring (bicyclic) bond motifs is 1. The zero-order valence-corrected chi connectivity index (χ0v) is 30.1. The molecule has 1 saturated carbocycles. The topological polar surface area (TPSA) is 192 Å². The van der Waals surface area contributed by atoms with Gasteiger partial charge in [0, 0.05) is 57.9 Å². The van der Waals surface area contributed by atoms with Crippen molar-refractivity contribution >= 4 is 47.4 Å². The lowest BCUT2D eigenvalue weighted by Gasteiger charge is -2.42. The van der Waals surface area contributed by atoms with E-state index in [4.69, 9.17) is 28.4 Å². The van der Waals surface area contributed by atoms with Crippen LogP contribution in [0, 0.1) is 17.3 Å². The van der Waals surface area contributed by atoms with Gasteiger partial charge >= 0.3 is 35.8 Å². The van der Waals surface area contributed by atoms with Gasteiger partial charge in [-0.3, -0.25) is 33.6 Å². The molecular weight excluding hydrogens is 668 g/mol. The van der Waals surface area contributed by atoms with E-state index in [0.717, 1.165) is 34.6 Å². The maximum absolute atomic E-state index is 14.7. The Kier molecular flexibility index (Phi) is 12.2.